The topological polar surface area (TPSA) is 64.0 Å². The highest BCUT2D eigenvalue weighted by molar-refractivity contribution is 5.81. The standard InChI is InChI=1S/C11H12F3N3O2/c12-11(13,14)10(19)15-4-5-17-9(18)6-7-2-1-3-8(7)16-17/h6H,1-5H2,(H,15,19). The Bertz CT molecular complexity index is 551. The van der Waals surface area contributed by atoms with Gasteiger partial charge in [-0.05, 0) is 24.8 Å². The minimum Gasteiger partial charge on any atom is -0.346 e. The van der Waals surface area contributed by atoms with Crippen LogP contribution in [0.15, 0.2) is 10.9 Å². The van der Waals surface area contributed by atoms with E-state index in [1.54, 1.807) is 5.32 Å². The number of halogens is 3. The quantitative estimate of drug-likeness (QED) is 0.869. The van der Waals surface area contributed by atoms with Crippen molar-refractivity contribution in [1.29, 1.82) is 0 Å². The van der Waals surface area contributed by atoms with Gasteiger partial charge in [-0.1, -0.05) is 0 Å². The Labute approximate surface area is 106 Å². The molecule has 0 radical (unpaired) electrons. The molecule has 1 heterocycles. The van der Waals surface area contributed by atoms with Crippen molar-refractivity contribution in [3.05, 3.63) is 27.7 Å². The molecular weight excluding hydrogens is 263 g/mol. The molecule has 8 heteroatoms. The number of amides is 1. The van der Waals surface area contributed by atoms with Gasteiger partial charge in [0, 0.05) is 12.6 Å². The van der Waals surface area contributed by atoms with E-state index in [4.69, 9.17) is 0 Å². The normalized spacial score (nSPS) is 14.3. The van der Waals surface area contributed by atoms with Gasteiger partial charge in [0.05, 0.1) is 12.2 Å². The first-order chi connectivity index (χ1) is 8.88. The van der Waals surface area contributed by atoms with Crippen LogP contribution in [0.5, 0.6) is 0 Å². The molecule has 1 aliphatic carbocycles. The van der Waals surface area contributed by atoms with Crippen LogP contribution >= 0.6 is 0 Å². The first-order valence-corrected chi connectivity index (χ1v) is 5.83. The molecule has 1 aromatic rings. The number of aromatic nitrogens is 2. The second-order valence-electron chi connectivity index (χ2n) is 4.28. The Balaban J connectivity index is 1.97. The van der Waals surface area contributed by atoms with Crippen molar-refractivity contribution in [2.24, 2.45) is 0 Å². The molecule has 1 N–H and O–H groups in total. The minimum atomic E-state index is -4.91. The number of alkyl halides is 3. The summed E-state index contributed by atoms with van der Waals surface area (Å²) in [5, 5.41) is 5.79. The average Bonchev–Trinajstić information content (AvgIpc) is 2.74. The second-order valence-corrected chi connectivity index (χ2v) is 4.28. The van der Waals surface area contributed by atoms with Gasteiger partial charge in [0.1, 0.15) is 0 Å². The number of hydrogen-bond acceptors (Lipinski definition) is 3. The molecule has 0 spiro atoms. The van der Waals surface area contributed by atoms with Gasteiger partial charge >= 0.3 is 12.1 Å². The summed E-state index contributed by atoms with van der Waals surface area (Å²) in [4.78, 5) is 22.2. The molecule has 0 aliphatic heterocycles. The Kier molecular flexibility index (Phi) is 3.59. The van der Waals surface area contributed by atoms with Gasteiger partial charge in [-0.25, -0.2) is 4.68 Å². The van der Waals surface area contributed by atoms with Gasteiger partial charge in [0.25, 0.3) is 5.56 Å². The highest BCUT2D eigenvalue weighted by atomic mass is 19.4. The number of nitrogens with one attached hydrogen (secondary N) is 1. The van der Waals surface area contributed by atoms with E-state index in [1.165, 1.54) is 6.07 Å². The number of carbonyl (C=O) groups excluding carboxylic acids is 1. The first-order valence-electron chi connectivity index (χ1n) is 5.83. The van der Waals surface area contributed by atoms with Crippen LogP contribution in [0.3, 0.4) is 0 Å². The van der Waals surface area contributed by atoms with Crippen LogP contribution in [0.25, 0.3) is 0 Å². The third kappa shape index (κ3) is 3.12. The van der Waals surface area contributed by atoms with E-state index >= 15 is 0 Å². The predicted octanol–water partition coefficient (Wildman–Crippen LogP) is 0.410. The summed E-state index contributed by atoms with van der Waals surface area (Å²) in [6, 6.07) is 1.46. The minimum absolute atomic E-state index is 0.0755. The maximum absolute atomic E-state index is 11.9. The van der Waals surface area contributed by atoms with Gasteiger partial charge < -0.3 is 5.32 Å². The van der Waals surface area contributed by atoms with E-state index in [-0.39, 0.29) is 18.6 Å². The van der Waals surface area contributed by atoms with Crippen LogP contribution < -0.4 is 10.9 Å². The van der Waals surface area contributed by atoms with Crippen LogP contribution in [-0.4, -0.2) is 28.4 Å². The maximum atomic E-state index is 11.9. The van der Waals surface area contributed by atoms with Gasteiger partial charge in [-0.15, -0.1) is 0 Å². The molecule has 1 aliphatic rings. The Morgan fingerprint density at radius 3 is 2.84 bits per heavy atom. The third-order valence-electron chi connectivity index (χ3n) is 2.89. The van der Waals surface area contributed by atoms with E-state index in [0.29, 0.717) is 0 Å². The Morgan fingerprint density at radius 2 is 2.16 bits per heavy atom. The summed E-state index contributed by atoms with van der Waals surface area (Å²) in [5.74, 6) is -2.01. The predicted molar refractivity (Wildman–Crippen MR) is 59.6 cm³/mol. The van der Waals surface area contributed by atoms with Gasteiger partial charge in [-0.2, -0.15) is 18.3 Å². The number of aryl methyl sites for hydroxylation is 2. The number of hydrogen-bond donors (Lipinski definition) is 1. The zero-order valence-corrected chi connectivity index (χ0v) is 9.96. The van der Waals surface area contributed by atoms with E-state index in [9.17, 15) is 22.8 Å². The molecule has 2 rings (SSSR count). The summed E-state index contributed by atoms with van der Waals surface area (Å²) < 4.78 is 36.9. The Morgan fingerprint density at radius 1 is 1.42 bits per heavy atom. The fourth-order valence-corrected chi connectivity index (χ4v) is 1.98. The van der Waals surface area contributed by atoms with Crippen molar-refractivity contribution < 1.29 is 18.0 Å². The van der Waals surface area contributed by atoms with E-state index in [1.807, 2.05) is 0 Å². The van der Waals surface area contributed by atoms with Crippen molar-refractivity contribution in [1.82, 2.24) is 15.1 Å². The molecule has 0 saturated heterocycles. The molecule has 0 unspecified atom stereocenters. The highest BCUT2D eigenvalue weighted by Crippen LogP contribution is 2.17. The van der Waals surface area contributed by atoms with Crippen molar-refractivity contribution >= 4 is 5.91 Å². The van der Waals surface area contributed by atoms with Crippen molar-refractivity contribution in [3.63, 3.8) is 0 Å². The zero-order chi connectivity index (χ0) is 14.0. The van der Waals surface area contributed by atoms with Crippen molar-refractivity contribution in [3.8, 4) is 0 Å². The molecule has 0 aromatic carbocycles. The highest BCUT2D eigenvalue weighted by Gasteiger charge is 2.38. The largest absolute Gasteiger partial charge is 0.471 e. The summed E-state index contributed by atoms with van der Waals surface area (Å²) in [6.45, 7) is -0.363. The molecule has 1 amide bonds. The molecule has 104 valence electrons. The average molecular weight is 275 g/mol. The molecular formula is C11H12F3N3O2. The molecule has 0 fully saturated rings. The van der Waals surface area contributed by atoms with Crippen LogP contribution in [0.4, 0.5) is 13.2 Å². The summed E-state index contributed by atoms with van der Waals surface area (Å²) >= 11 is 0. The van der Waals surface area contributed by atoms with Crippen LogP contribution in [0.1, 0.15) is 17.7 Å². The summed E-state index contributed by atoms with van der Waals surface area (Å²) in [6.07, 6.45) is -2.40. The lowest BCUT2D eigenvalue weighted by atomic mass is 10.2. The van der Waals surface area contributed by atoms with E-state index in [2.05, 4.69) is 5.10 Å². The fraction of sp³-hybridized carbons (Fsp3) is 0.545. The SMILES string of the molecule is O=C(NCCn1nc2c(cc1=O)CCC2)C(F)(F)F. The fourth-order valence-electron chi connectivity index (χ4n) is 1.98. The zero-order valence-electron chi connectivity index (χ0n) is 9.96. The van der Waals surface area contributed by atoms with Gasteiger partial charge in [0.15, 0.2) is 0 Å². The summed E-state index contributed by atoms with van der Waals surface area (Å²) in [5.41, 5.74) is 1.35. The first kappa shape index (κ1) is 13.6. The second kappa shape index (κ2) is 5.02. The lowest BCUT2D eigenvalue weighted by Crippen LogP contribution is -2.39. The van der Waals surface area contributed by atoms with E-state index in [0.717, 1.165) is 35.2 Å². The lowest BCUT2D eigenvalue weighted by Gasteiger charge is -2.09. The number of carbonyl (C=O) groups is 1. The van der Waals surface area contributed by atoms with Crippen molar-refractivity contribution in [2.75, 3.05) is 6.54 Å². The Hall–Kier alpha value is -1.86. The number of fused-ring (bicyclic) bond motifs is 1. The molecule has 0 bridgehead atoms. The number of nitrogens with zero attached hydrogens (tertiary/aromatic N) is 2. The molecule has 0 atom stereocenters. The lowest BCUT2D eigenvalue weighted by molar-refractivity contribution is -0.173. The molecule has 5 nitrogen and oxygen atoms in total. The monoisotopic (exact) mass is 275 g/mol. The van der Waals surface area contributed by atoms with E-state index < -0.39 is 12.1 Å². The van der Waals surface area contributed by atoms with Gasteiger partial charge in [-0.3, -0.25) is 9.59 Å². The molecule has 0 saturated carbocycles. The summed E-state index contributed by atoms with van der Waals surface area (Å²) in [7, 11) is 0. The third-order valence-corrected chi connectivity index (χ3v) is 2.89. The van der Waals surface area contributed by atoms with Crippen LogP contribution in [-0.2, 0) is 24.2 Å². The molecule has 19 heavy (non-hydrogen) atoms. The van der Waals surface area contributed by atoms with Crippen LogP contribution in [0.2, 0.25) is 0 Å². The maximum Gasteiger partial charge on any atom is 0.471 e. The smallest absolute Gasteiger partial charge is 0.346 e. The van der Waals surface area contributed by atoms with Crippen molar-refractivity contribution in [2.45, 2.75) is 32.0 Å². The van der Waals surface area contributed by atoms with Gasteiger partial charge in [0.2, 0.25) is 0 Å². The molecule has 1 aromatic heterocycles. The number of rotatable bonds is 3. The van der Waals surface area contributed by atoms with Crippen LogP contribution in [0, 0.1) is 0 Å².